The summed E-state index contributed by atoms with van der Waals surface area (Å²) in [5.41, 5.74) is 1.06. The number of carbonyl (C=O) groups excluding carboxylic acids is 1. The molecule has 1 aromatic carbocycles. The predicted molar refractivity (Wildman–Crippen MR) is 83.3 cm³/mol. The highest BCUT2D eigenvalue weighted by atomic mass is 35.5. The van der Waals surface area contributed by atoms with Gasteiger partial charge in [-0.1, -0.05) is 23.7 Å². The molecule has 1 amide bonds. The van der Waals surface area contributed by atoms with Crippen LogP contribution in [0.4, 0.5) is 0 Å². The number of likely N-dealkylation sites (N-methyl/N-ethyl adjacent to an activating group) is 1. The second kappa shape index (κ2) is 7.75. The van der Waals surface area contributed by atoms with E-state index in [-0.39, 0.29) is 12.1 Å². The van der Waals surface area contributed by atoms with Gasteiger partial charge in [0, 0.05) is 31.8 Å². The minimum atomic E-state index is -0.0643. The number of hydrogen-bond donors (Lipinski definition) is 1. The molecule has 1 aliphatic heterocycles. The van der Waals surface area contributed by atoms with Crippen molar-refractivity contribution in [3.8, 4) is 0 Å². The van der Waals surface area contributed by atoms with Crippen molar-refractivity contribution in [3.63, 3.8) is 0 Å². The van der Waals surface area contributed by atoms with Crippen molar-refractivity contribution in [2.45, 2.75) is 6.17 Å². The van der Waals surface area contributed by atoms with Gasteiger partial charge in [0.1, 0.15) is 6.17 Å². The van der Waals surface area contributed by atoms with E-state index in [4.69, 9.17) is 16.3 Å². The Bertz CT molecular complexity index is 466. The van der Waals surface area contributed by atoms with Crippen molar-refractivity contribution in [3.05, 3.63) is 34.9 Å². The lowest BCUT2D eigenvalue weighted by Gasteiger charge is -2.27. The zero-order valence-electron chi connectivity index (χ0n) is 12.5. The van der Waals surface area contributed by atoms with Crippen LogP contribution >= 0.6 is 11.6 Å². The maximum Gasteiger partial charge on any atom is 0.238 e. The first-order chi connectivity index (χ1) is 10.1. The Kier molecular flexibility index (Phi) is 5.99. The van der Waals surface area contributed by atoms with Crippen molar-refractivity contribution in [2.24, 2.45) is 0 Å². The molecule has 6 heteroatoms. The zero-order chi connectivity index (χ0) is 15.2. The summed E-state index contributed by atoms with van der Waals surface area (Å²) in [7, 11) is 3.72. The van der Waals surface area contributed by atoms with E-state index in [1.165, 1.54) is 0 Å². The molecule has 0 bridgehead atoms. The number of carbonyl (C=O) groups is 1. The lowest BCUT2D eigenvalue weighted by Crippen LogP contribution is -2.37. The van der Waals surface area contributed by atoms with Crippen LogP contribution in [-0.2, 0) is 9.53 Å². The molecule has 5 nitrogen and oxygen atoms in total. The van der Waals surface area contributed by atoms with Crippen LogP contribution in [0.3, 0.4) is 0 Å². The summed E-state index contributed by atoms with van der Waals surface area (Å²) in [6, 6.07) is 7.62. The van der Waals surface area contributed by atoms with Gasteiger partial charge in [-0.15, -0.1) is 0 Å². The number of methoxy groups -OCH3 is 1. The van der Waals surface area contributed by atoms with Gasteiger partial charge in [-0.05, 0) is 24.7 Å². The molecule has 1 saturated heterocycles. The molecular formula is C15H22ClN3O2. The summed E-state index contributed by atoms with van der Waals surface area (Å²) < 4.78 is 5.06. The van der Waals surface area contributed by atoms with E-state index < -0.39 is 0 Å². The molecule has 21 heavy (non-hydrogen) atoms. The van der Waals surface area contributed by atoms with Crippen molar-refractivity contribution in [1.82, 2.24) is 15.1 Å². The Morgan fingerprint density at radius 1 is 1.38 bits per heavy atom. The van der Waals surface area contributed by atoms with Gasteiger partial charge in [-0.2, -0.15) is 0 Å². The molecule has 1 N–H and O–H groups in total. The summed E-state index contributed by atoms with van der Waals surface area (Å²) in [5, 5.41) is 3.95. The molecule has 0 aromatic heterocycles. The van der Waals surface area contributed by atoms with Crippen LogP contribution in [0, 0.1) is 0 Å². The lowest BCUT2D eigenvalue weighted by molar-refractivity contribution is -0.128. The van der Waals surface area contributed by atoms with Gasteiger partial charge in [0.25, 0.3) is 0 Å². The molecule has 116 valence electrons. The molecule has 1 heterocycles. The molecule has 0 saturated carbocycles. The summed E-state index contributed by atoms with van der Waals surface area (Å²) in [5.74, 6) is 0.134. The van der Waals surface area contributed by atoms with Gasteiger partial charge < -0.3 is 14.5 Å². The fourth-order valence-corrected chi connectivity index (χ4v) is 2.50. The van der Waals surface area contributed by atoms with Gasteiger partial charge >= 0.3 is 0 Å². The lowest BCUT2D eigenvalue weighted by atomic mass is 10.1. The Balaban J connectivity index is 1.95. The molecule has 1 aliphatic rings. The van der Waals surface area contributed by atoms with Gasteiger partial charge in [0.05, 0.1) is 13.2 Å². The van der Waals surface area contributed by atoms with Crippen LogP contribution in [0.2, 0.25) is 5.02 Å². The van der Waals surface area contributed by atoms with E-state index in [9.17, 15) is 4.79 Å². The smallest absolute Gasteiger partial charge is 0.238 e. The largest absolute Gasteiger partial charge is 0.383 e. The van der Waals surface area contributed by atoms with E-state index >= 15 is 0 Å². The average molecular weight is 312 g/mol. The number of nitrogens with zero attached hydrogens (tertiary/aromatic N) is 2. The normalized spacial score (nSPS) is 18.8. The molecule has 0 aliphatic carbocycles. The zero-order valence-corrected chi connectivity index (χ0v) is 13.3. The number of halogens is 1. The van der Waals surface area contributed by atoms with Crippen molar-refractivity contribution in [2.75, 3.05) is 46.9 Å². The summed E-state index contributed by atoms with van der Waals surface area (Å²) in [6.07, 6.45) is -0.0643. The number of benzene rings is 1. The van der Waals surface area contributed by atoms with Gasteiger partial charge in [-0.3, -0.25) is 10.1 Å². The minimum absolute atomic E-state index is 0.0643. The first-order valence-electron chi connectivity index (χ1n) is 7.07. The number of ether oxygens (including phenoxy) is 1. The highest BCUT2D eigenvalue weighted by Gasteiger charge is 2.31. The highest BCUT2D eigenvalue weighted by molar-refractivity contribution is 6.30. The molecule has 2 rings (SSSR count). The number of nitrogens with one attached hydrogen (secondary N) is 1. The third kappa shape index (κ3) is 4.41. The topological polar surface area (TPSA) is 44.8 Å². The summed E-state index contributed by atoms with van der Waals surface area (Å²) in [4.78, 5) is 16.1. The van der Waals surface area contributed by atoms with Crippen LogP contribution in [-0.4, -0.2) is 62.7 Å². The van der Waals surface area contributed by atoms with Crippen molar-refractivity contribution < 1.29 is 9.53 Å². The molecule has 1 atom stereocenters. The Morgan fingerprint density at radius 2 is 2.10 bits per heavy atom. The summed E-state index contributed by atoms with van der Waals surface area (Å²) >= 11 is 5.92. The van der Waals surface area contributed by atoms with Crippen molar-refractivity contribution >= 4 is 17.5 Å². The van der Waals surface area contributed by atoms with Gasteiger partial charge in [0.15, 0.2) is 0 Å². The van der Waals surface area contributed by atoms with Crippen molar-refractivity contribution in [1.29, 1.82) is 0 Å². The van der Waals surface area contributed by atoms with Gasteiger partial charge in [0.2, 0.25) is 5.91 Å². The minimum Gasteiger partial charge on any atom is -0.383 e. The Hall–Kier alpha value is -1.14. The molecular weight excluding hydrogens is 290 g/mol. The number of rotatable bonds is 7. The molecule has 0 spiro atoms. The standard InChI is InChI=1S/C15H22ClN3O2/c1-18(9-10-21-2)7-8-19-14(20)11-17-15(19)12-3-5-13(16)6-4-12/h3-6,15,17H,7-11H2,1-2H3. The van der Waals surface area contributed by atoms with Gasteiger partial charge in [-0.25, -0.2) is 0 Å². The monoisotopic (exact) mass is 311 g/mol. The second-order valence-corrected chi connectivity index (χ2v) is 5.65. The highest BCUT2D eigenvalue weighted by Crippen LogP contribution is 2.23. The molecule has 1 unspecified atom stereocenters. The van der Waals surface area contributed by atoms with E-state index in [0.717, 1.165) is 18.7 Å². The third-order valence-corrected chi connectivity index (χ3v) is 3.92. The van der Waals surface area contributed by atoms with Crippen LogP contribution in [0.25, 0.3) is 0 Å². The SMILES string of the molecule is COCCN(C)CCN1C(=O)CNC1c1ccc(Cl)cc1. The Labute approximate surface area is 130 Å². The quantitative estimate of drug-likeness (QED) is 0.825. The van der Waals surface area contributed by atoms with Crippen LogP contribution < -0.4 is 5.32 Å². The van der Waals surface area contributed by atoms with E-state index in [2.05, 4.69) is 10.2 Å². The number of hydrogen-bond acceptors (Lipinski definition) is 4. The Morgan fingerprint density at radius 3 is 2.76 bits per heavy atom. The van der Waals surface area contributed by atoms with Crippen LogP contribution in [0.5, 0.6) is 0 Å². The van der Waals surface area contributed by atoms with Crippen LogP contribution in [0.15, 0.2) is 24.3 Å². The maximum absolute atomic E-state index is 12.0. The fourth-order valence-electron chi connectivity index (χ4n) is 2.37. The van der Waals surface area contributed by atoms with E-state index in [0.29, 0.717) is 24.7 Å². The predicted octanol–water partition coefficient (Wildman–Crippen LogP) is 1.35. The first kappa shape index (κ1) is 16.2. The van der Waals surface area contributed by atoms with E-state index in [1.54, 1.807) is 7.11 Å². The maximum atomic E-state index is 12.0. The number of amides is 1. The third-order valence-electron chi connectivity index (χ3n) is 3.66. The molecule has 1 aromatic rings. The average Bonchev–Trinajstić information content (AvgIpc) is 2.85. The van der Waals surface area contributed by atoms with Crippen LogP contribution in [0.1, 0.15) is 11.7 Å². The molecule has 1 fully saturated rings. The fraction of sp³-hybridized carbons (Fsp3) is 0.533. The summed E-state index contributed by atoms with van der Waals surface area (Å²) in [6.45, 7) is 3.45. The second-order valence-electron chi connectivity index (χ2n) is 5.22. The first-order valence-corrected chi connectivity index (χ1v) is 7.45. The molecule has 0 radical (unpaired) electrons. The van der Waals surface area contributed by atoms with E-state index in [1.807, 2.05) is 36.2 Å².